The third-order valence-corrected chi connectivity index (χ3v) is 9.65. The van der Waals surface area contributed by atoms with Crippen LogP contribution in [0.25, 0.3) is 20.2 Å². The highest BCUT2D eigenvalue weighted by Crippen LogP contribution is 2.23. The topological polar surface area (TPSA) is 140 Å². The maximum atomic E-state index is 9.44. The fraction of sp³-hybridized carbons (Fsp3) is 0.471. The Labute approximate surface area is 277 Å². The van der Waals surface area contributed by atoms with E-state index in [1.54, 1.807) is 22.7 Å². The summed E-state index contributed by atoms with van der Waals surface area (Å²) in [5.41, 5.74) is 2.69. The molecular weight excluding hydrogens is 629 g/mol. The summed E-state index contributed by atoms with van der Waals surface area (Å²) >= 11 is 3.58. The minimum Gasteiger partial charge on any atom is -0.473 e. The van der Waals surface area contributed by atoms with Gasteiger partial charge in [0.05, 0.1) is 38.6 Å². The van der Waals surface area contributed by atoms with Gasteiger partial charge in [0.2, 0.25) is 0 Å². The molecule has 2 aromatic heterocycles. The molecule has 0 amide bonds. The number of aliphatic carboxylic acids is 2. The first kappa shape index (κ1) is 35.9. The molecule has 10 nitrogen and oxygen atoms in total. The number of carboxylic acids is 2. The molecule has 4 aromatic rings. The Morgan fingerprint density at radius 1 is 0.674 bits per heavy atom. The van der Waals surface area contributed by atoms with E-state index in [1.807, 2.05) is 0 Å². The number of carboxylic acid groups (broad SMARTS) is 2. The molecule has 2 aliphatic heterocycles. The van der Waals surface area contributed by atoms with E-state index in [2.05, 4.69) is 69.1 Å². The zero-order valence-corrected chi connectivity index (χ0v) is 27.6. The van der Waals surface area contributed by atoms with E-state index in [1.165, 1.54) is 31.3 Å². The third kappa shape index (κ3) is 12.3. The van der Waals surface area contributed by atoms with Crippen molar-refractivity contribution >= 4 is 54.8 Å². The van der Waals surface area contributed by atoms with Gasteiger partial charge in [-0.05, 0) is 82.6 Å². The molecule has 0 bridgehead atoms. The molecule has 250 valence electrons. The zero-order valence-electron chi connectivity index (χ0n) is 26.0. The van der Waals surface area contributed by atoms with Crippen LogP contribution in [0.1, 0.15) is 24.0 Å². The van der Waals surface area contributed by atoms with E-state index < -0.39 is 11.9 Å². The number of β-amino-alcohol motifs (C(OH)–C–C–N with tert-alkyl or cyclic N) is 2. The highest BCUT2D eigenvalue weighted by molar-refractivity contribution is 7.17. The van der Waals surface area contributed by atoms with Gasteiger partial charge in [-0.3, -0.25) is 9.80 Å². The van der Waals surface area contributed by atoms with Gasteiger partial charge in [0.15, 0.2) is 0 Å². The lowest BCUT2D eigenvalue weighted by atomic mass is 10.1. The van der Waals surface area contributed by atoms with Gasteiger partial charge < -0.3 is 29.9 Å². The van der Waals surface area contributed by atoms with Crippen LogP contribution in [0.2, 0.25) is 0 Å². The number of benzene rings is 2. The molecule has 0 unspecified atom stereocenters. The van der Waals surface area contributed by atoms with Gasteiger partial charge >= 0.3 is 11.9 Å². The van der Waals surface area contributed by atoms with Crippen molar-refractivity contribution in [2.75, 3.05) is 65.7 Å². The largest absolute Gasteiger partial charge is 0.473 e. The molecular formula is C34H44N2O8S2. The minimum absolute atomic E-state index is 0.132. The number of aliphatic hydroxyl groups is 2. The lowest BCUT2D eigenvalue weighted by Crippen LogP contribution is -2.26. The van der Waals surface area contributed by atoms with E-state index in [9.17, 15) is 10.2 Å². The molecule has 6 rings (SSSR count). The van der Waals surface area contributed by atoms with Gasteiger partial charge in [0, 0.05) is 48.7 Å². The summed E-state index contributed by atoms with van der Waals surface area (Å²) in [6.07, 6.45) is 3.48. The molecule has 0 aliphatic carbocycles. The zero-order chi connectivity index (χ0) is 32.7. The van der Waals surface area contributed by atoms with E-state index in [4.69, 9.17) is 29.3 Å². The number of rotatable bonds is 12. The number of likely N-dealkylation sites (tertiary alicyclic amines) is 2. The highest BCUT2D eigenvalue weighted by atomic mass is 32.1. The highest BCUT2D eigenvalue weighted by Gasteiger charge is 2.20. The van der Waals surface area contributed by atoms with Crippen LogP contribution >= 0.6 is 22.7 Å². The number of carbonyl (C=O) groups is 2. The van der Waals surface area contributed by atoms with Gasteiger partial charge in [-0.1, -0.05) is 24.3 Å². The molecule has 2 aliphatic rings. The Balaban J connectivity index is 0.000000178. The van der Waals surface area contributed by atoms with Crippen LogP contribution in [0.5, 0.6) is 0 Å². The second kappa shape index (κ2) is 19.0. The summed E-state index contributed by atoms with van der Waals surface area (Å²) in [6, 6.07) is 17.6. The Kier molecular flexibility index (Phi) is 14.8. The van der Waals surface area contributed by atoms with Crippen molar-refractivity contribution in [2.24, 2.45) is 0 Å². The van der Waals surface area contributed by atoms with Gasteiger partial charge in [-0.2, -0.15) is 0 Å². The molecule has 46 heavy (non-hydrogen) atoms. The van der Waals surface area contributed by atoms with Crippen LogP contribution in [-0.4, -0.2) is 120 Å². The van der Waals surface area contributed by atoms with Gasteiger partial charge in [-0.15, -0.1) is 22.7 Å². The molecule has 2 atom stereocenters. The van der Waals surface area contributed by atoms with Crippen molar-refractivity contribution in [3.63, 3.8) is 0 Å². The molecule has 4 N–H and O–H groups in total. The van der Waals surface area contributed by atoms with Crippen LogP contribution in [0.15, 0.2) is 59.3 Å². The summed E-state index contributed by atoms with van der Waals surface area (Å²) in [5, 5.41) is 40.6. The number of thiophene rings is 2. The lowest BCUT2D eigenvalue weighted by Gasteiger charge is -2.14. The van der Waals surface area contributed by atoms with Crippen LogP contribution in [0, 0.1) is 0 Å². The van der Waals surface area contributed by atoms with Crippen molar-refractivity contribution in [2.45, 2.75) is 37.9 Å². The predicted molar refractivity (Wildman–Crippen MR) is 182 cm³/mol. The first-order valence-electron chi connectivity index (χ1n) is 15.6. The SMILES string of the molecule is O=C(O)C(=O)O.O[C@H]1CCN(CCOCCc2ccc3ccsc3c2)C1.O[C@H]1CCN(CCOCCc2ccc3ccsc3c2)C1. The third-order valence-electron chi connectivity index (χ3n) is 7.89. The van der Waals surface area contributed by atoms with E-state index >= 15 is 0 Å². The summed E-state index contributed by atoms with van der Waals surface area (Å²) < 4.78 is 14.1. The van der Waals surface area contributed by atoms with Gasteiger partial charge in [0.1, 0.15) is 0 Å². The second-order valence-electron chi connectivity index (χ2n) is 11.4. The average molecular weight is 673 g/mol. The van der Waals surface area contributed by atoms with E-state index in [0.717, 1.165) is 91.4 Å². The first-order valence-corrected chi connectivity index (χ1v) is 17.4. The number of aliphatic hydroxyl groups excluding tert-OH is 2. The number of nitrogens with zero attached hydrogens (tertiary/aromatic N) is 2. The van der Waals surface area contributed by atoms with Gasteiger partial charge in [0.25, 0.3) is 0 Å². The van der Waals surface area contributed by atoms with E-state index in [-0.39, 0.29) is 12.2 Å². The Morgan fingerprint density at radius 3 is 1.48 bits per heavy atom. The smallest absolute Gasteiger partial charge is 0.414 e. The number of hydrogen-bond acceptors (Lipinski definition) is 10. The normalized spacial score (nSPS) is 18.3. The second-order valence-corrected chi connectivity index (χ2v) is 13.3. The molecule has 12 heteroatoms. The summed E-state index contributed by atoms with van der Waals surface area (Å²) in [7, 11) is 0. The van der Waals surface area contributed by atoms with E-state index in [0.29, 0.717) is 0 Å². The fourth-order valence-electron chi connectivity index (χ4n) is 5.31. The fourth-order valence-corrected chi connectivity index (χ4v) is 7.02. The minimum atomic E-state index is -1.82. The van der Waals surface area contributed by atoms with Crippen molar-refractivity contribution in [3.8, 4) is 0 Å². The molecule has 2 saturated heterocycles. The van der Waals surface area contributed by atoms with Crippen LogP contribution < -0.4 is 0 Å². The number of fused-ring (bicyclic) bond motifs is 2. The van der Waals surface area contributed by atoms with Crippen LogP contribution in [0.4, 0.5) is 0 Å². The average Bonchev–Trinajstić information content (AvgIpc) is 3.85. The molecule has 2 aromatic carbocycles. The molecule has 0 saturated carbocycles. The Hall–Kier alpha value is -2.94. The van der Waals surface area contributed by atoms with Crippen molar-refractivity contribution in [3.05, 3.63) is 70.4 Å². The summed E-state index contributed by atoms with van der Waals surface area (Å²) in [5.74, 6) is -3.65. The van der Waals surface area contributed by atoms with Crippen molar-refractivity contribution < 1.29 is 39.5 Å². The quantitative estimate of drug-likeness (QED) is 0.128. The molecule has 2 fully saturated rings. The Bertz CT molecular complexity index is 1400. The molecule has 4 heterocycles. The van der Waals surface area contributed by atoms with Crippen LogP contribution in [-0.2, 0) is 31.9 Å². The maximum Gasteiger partial charge on any atom is 0.414 e. The predicted octanol–water partition coefficient (Wildman–Crippen LogP) is 4.21. The number of hydrogen-bond donors (Lipinski definition) is 4. The maximum absolute atomic E-state index is 9.44. The molecule has 0 radical (unpaired) electrons. The Morgan fingerprint density at radius 2 is 1.11 bits per heavy atom. The van der Waals surface area contributed by atoms with Crippen molar-refractivity contribution in [1.29, 1.82) is 0 Å². The molecule has 0 spiro atoms. The van der Waals surface area contributed by atoms with Crippen molar-refractivity contribution in [1.82, 2.24) is 9.80 Å². The van der Waals surface area contributed by atoms with Crippen LogP contribution in [0.3, 0.4) is 0 Å². The summed E-state index contributed by atoms with van der Waals surface area (Å²) in [4.78, 5) is 22.7. The lowest BCUT2D eigenvalue weighted by molar-refractivity contribution is -0.159. The monoisotopic (exact) mass is 672 g/mol. The standard InChI is InChI=1S/2C16H21NO2S.C2H2O4/c2*18-15-3-6-17(12-15)7-9-19-8-4-13-1-2-14-5-10-20-16(14)11-13;3-1(4)2(5)6/h2*1-2,5,10-11,15,18H,3-4,6-9,12H2;(H,3,4)(H,5,6)/t2*15-;/m00./s1. The van der Waals surface area contributed by atoms with Gasteiger partial charge in [-0.25, -0.2) is 9.59 Å². The number of ether oxygens (including phenoxy) is 2. The first-order chi connectivity index (χ1) is 22.3. The summed E-state index contributed by atoms with van der Waals surface area (Å²) in [6.45, 7) is 8.53.